The van der Waals surface area contributed by atoms with Crippen LogP contribution in [-0.2, 0) is 17.6 Å². The molecule has 144 valence electrons. The van der Waals surface area contributed by atoms with E-state index in [0.29, 0.717) is 22.5 Å². The minimum Gasteiger partial charge on any atom is -0.497 e. The van der Waals surface area contributed by atoms with Gasteiger partial charge in [-0.2, -0.15) is 0 Å². The summed E-state index contributed by atoms with van der Waals surface area (Å²) in [5.41, 5.74) is 2.95. The predicted molar refractivity (Wildman–Crippen MR) is 107 cm³/mol. The molecule has 0 fully saturated rings. The molecular weight excluding hydrogens is 356 g/mol. The third kappa shape index (κ3) is 3.35. The third-order valence-electron chi connectivity index (χ3n) is 5.18. The fraction of sp³-hybridized carbons (Fsp3) is 0.333. The van der Waals surface area contributed by atoms with Crippen molar-refractivity contribution >= 4 is 22.6 Å². The molecule has 0 bridgehead atoms. The first-order valence-corrected chi connectivity index (χ1v) is 9.41. The summed E-state index contributed by atoms with van der Waals surface area (Å²) in [5, 5.41) is 3.28. The average Bonchev–Trinajstić information content (AvgIpc) is 2.72. The second-order valence-corrected chi connectivity index (χ2v) is 7.03. The van der Waals surface area contributed by atoms with Gasteiger partial charge in [0.25, 0.3) is 5.56 Å². The lowest BCUT2D eigenvalue weighted by Gasteiger charge is -2.17. The van der Waals surface area contributed by atoms with E-state index >= 15 is 0 Å². The molecule has 0 aliphatic heterocycles. The van der Waals surface area contributed by atoms with Gasteiger partial charge >= 0.3 is 0 Å². The van der Waals surface area contributed by atoms with Gasteiger partial charge in [-0.25, -0.2) is 9.97 Å². The molecule has 0 saturated heterocycles. The van der Waals surface area contributed by atoms with Gasteiger partial charge in [-0.15, -0.1) is 0 Å². The minimum atomic E-state index is -0.716. The van der Waals surface area contributed by atoms with Crippen LogP contribution in [0.15, 0.2) is 41.5 Å². The summed E-state index contributed by atoms with van der Waals surface area (Å²) in [6.45, 7) is 1.68. The molecule has 4 rings (SSSR count). The molecule has 1 N–H and O–H groups in total. The molecule has 28 heavy (non-hydrogen) atoms. The number of carbonyl (C=O) groups is 1. The number of methoxy groups -OCH3 is 1. The van der Waals surface area contributed by atoms with Crippen molar-refractivity contribution in [2.45, 2.75) is 38.6 Å². The summed E-state index contributed by atoms with van der Waals surface area (Å²) in [5.74, 6) is 0.341. The van der Waals surface area contributed by atoms with Crippen LogP contribution in [-0.4, -0.2) is 27.6 Å². The number of anilines is 1. The van der Waals surface area contributed by atoms with Gasteiger partial charge in [0.15, 0.2) is 5.65 Å². The molecule has 0 radical (unpaired) electrons. The Morgan fingerprint density at radius 1 is 1.25 bits per heavy atom. The Kier molecular flexibility index (Phi) is 4.81. The Labute approximate surface area is 162 Å². The summed E-state index contributed by atoms with van der Waals surface area (Å²) in [6.07, 6.45) is 5.48. The van der Waals surface area contributed by atoms with Crippen LogP contribution >= 0.6 is 0 Å². The number of nitrogens with one attached hydrogen (secondary N) is 1. The molecule has 1 aliphatic rings. The zero-order chi connectivity index (χ0) is 19.7. The first-order chi connectivity index (χ1) is 13.6. The highest BCUT2D eigenvalue weighted by atomic mass is 16.5. The highest BCUT2D eigenvalue weighted by molar-refractivity contribution is 5.93. The normalized spacial score (nSPS) is 14.4. The maximum Gasteiger partial charge on any atom is 0.263 e. The van der Waals surface area contributed by atoms with Gasteiger partial charge in [-0.05, 0) is 56.4 Å². The molecule has 1 aromatic carbocycles. The van der Waals surface area contributed by atoms with Crippen LogP contribution in [0.1, 0.15) is 37.1 Å². The van der Waals surface area contributed by atoms with E-state index in [2.05, 4.69) is 15.3 Å². The maximum atomic E-state index is 13.0. The molecular formula is C21H22N4O3. The van der Waals surface area contributed by atoms with Gasteiger partial charge in [0, 0.05) is 17.4 Å². The van der Waals surface area contributed by atoms with Crippen molar-refractivity contribution in [2.24, 2.45) is 0 Å². The van der Waals surface area contributed by atoms with Gasteiger partial charge in [0.2, 0.25) is 5.91 Å². The number of carbonyl (C=O) groups excluding carboxylic acids is 1. The Morgan fingerprint density at radius 3 is 2.89 bits per heavy atom. The number of aromatic nitrogens is 3. The number of ether oxygens (including phenoxy) is 1. The monoisotopic (exact) mass is 378 g/mol. The molecule has 0 saturated carbocycles. The molecule has 1 aliphatic carbocycles. The molecule has 7 heteroatoms. The van der Waals surface area contributed by atoms with Crippen LogP contribution in [0.2, 0.25) is 0 Å². The van der Waals surface area contributed by atoms with Gasteiger partial charge in [0.1, 0.15) is 18.1 Å². The van der Waals surface area contributed by atoms with Crippen LogP contribution in [0.4, 0.5) is 5.69 Å². The van der Waals surface area contributed by atoms with E-state index in [4.69, 9.17) is 4.74 Å². The van der Waals surface area contributed by atoms with Gasteiger partial charge in [-0.3, -0.25) is 14.2 Å². The van der Waals surface area contributed by atoms with Crippen LogP contribution in [0.25, 0.3) is 11.0 Å². The van der Waals surface area contributed by atoms with E-state index < -0.39 is 6.04 Å². The highest BCUT2D eigenvalue weighted by Gasteiger charge is 2.20. The van der Waals surface area contributed by atoms with Crippen LogP contribution in [0.5, 0.6) is 5.75 Å². The summed E-state index contributed by atoms with van der Waals surface area (Å²) in [4.78, 5) is 34.6. The first-order valence-electron chi connectivity index (χ1n) is 9.41. The van der Waals surface area contributed by atoms with Crippen molar-refractivity contribution in [3.8, 4) is 5.75 Å². The van der Waals surface area contributed by atoms with Crippen LogP contribution < -0.4 is 15.6 Å². The quantitative estimate of drug-likeness (QED) is 0.754. The summed E-state index contributed by atoms with van der Waals surface area (Å²) in [6, 6.07) is 8.26. The lowest BCUT2D eigenvalue weighted by atomic mass is 9.95. The first kappa shape index (κ1) is 18.2. The molecule has 0 spiro atoms. The largest absolute Gasteiger partial charge is 0.497 e. The molecule has 1 amide bonds. The molecule has 3 aromatic rings. The third-order valence-corrected chi connectivity index (χ3v) is 5.18. The van der Waals surface area contributed by atoms with Crippen molar-refractivity contribution in [3.05, 3.63) is 58.3 Å². The molecule has 1 atom stereocenters. The molecule has 2 heterocycles. The number of pyridine rings is 1. The fourth-order valence-corrected chi connectivity index (χ4v) is 3.54. The zero-order valence-corrected chi connectivity index (χ0v) is 15.9. The average molecular weight is 378 g/mol. The number of benzene rings is 1. The van der Waals surface area contributed by atoms with Gasteiger partial charge in [0.05, 0.1) is 12.5 Å². The molecule has 0 unspecified atom stereocenters. The number of hydrogen-bond acceptors (Lipinski definition) is 5. The van der Waals surface area contributed by atoms with Crippen LogP contribution in [0, 0.1) is 0 Å². The number of fused-ring (bicyclic) bond motifs is 2. The standard InChI is InChI=1S/C21H22N4O3/c1-13(20(26)23-15-7-5-8-16(11-15)28-2)25-12-22-19-17(21(25)27)10-14-6-3-4-9-18(14)24-19/h5,7-8,10-13H,3-4,6,9H2,1-2H3,(H,23,26)/t13-/m1/s1. The van der Waals surface area contributed by atoms with E-state index in [0.717, 1.165) is 36.9 Å². The Balaban J connectivity index is 1.64. The lowest BCUT2D eigenvalue weighted by Crippen LogP contribution is -2.32. The fourth-order valence-electron chi connectivity index (χ4n) is 3.54. The number of aryl methyl sites for hydroxylation is 2. The Bertz CT molecular complexity index is 1110. The zero-order valence-electron chi connectivity index (χ0n) is 15.9. The SMILES string of the molecule is COc1cccc(NC(=O)[C@@H](C)n2cnc3nc4c(cc3c2=O)CCCC4)c1. The van der Waals surface area contributed by atoms with Gasteiger partial charge < -0.3 is 10.1 Å². The van der Waals surface area contributed by atoms with Crippen molar-refractivity contribution in [1.29, 1.82) is 0 Å². The van der Waals surface area contributed by atoms with E-state index in [1.165, 1.54) is 10.9 Å². The van der Waals surface area contributed by atoms with Crippen LogP contribution in [0.3, 0.4) is 0 Å². The van der Waals surface area contributed by atoms with E-state index in [1.807, 2.05) is 6.07 Å². The van der Waals surface area contributed by atoms with Crippen molar-refractivity contribution in [3.63, 3.8) is 0 Å². The van der Waals surface area contributed by atoms with E-state index in [-0.39, 0.29) is 11.5 Å². The predicted octanol–water partition coefficient (Wildman–Crippen LogP) is 2.88. The maximum absolute atomic E-state index is 13.0. The minimum absolute atomic E-state index is 0.251. The van der Waals surface area contributed by atoms with Crippen molar-refractivity contribution in [1.82, 2.24) is 14.5 Å². The molecule has 7 nitrogen and oxygen atoms in total. The second-order valence-electron chi connectivity index (χ2n) is 7.03. The second kappa shape index (κ2) is 7.42. The molecule has 2 aromatic heterocycles. The highest BCUT2D eigenvalue weighted by Crippen LogP contribution is 2.22. The Hall–Kier alpha value is -3.22. The number of hydrogen-bond donors (Lipinski definition) is 1. The lowest BCUT2D eigenvalue weighted by molar-refractivity contribution is -0.118. The van der Waals surface area contributed by atoms with E-state index in [9.17, 15) is 9.59 Å². The topological polar surface area (TPSA) is 86.1 Å². The summed E-state index contributed by atoms with van der Waals surface area (Å²) >= 11 is 0. The van der Waals surface area contributed by atoms with Gasteiger partial charge in [-0.1, -0.05) is 6.07 Å². The van der Waals surface area contributed by atoms with Crippen molar-refractivity contribution in [2.75, 3.05) is 12.4 Å². The van der Waals surface area contributed by atoms with Crippen molar-refractivity contribution < 1.29 is 9.53 Å². The number of nitrogens with zero attached hydrogens (tertiary/aromatic N) is 3. The summed E-state index contributed by atoms with van der Waals surface area (Å²) < 4.78 is 6.53. The van der Waals surface area contributed by atoms with E-state index in [1.54, 1.807) is 38.3 Å². The number of amides is 1. The summed E-state index contributed by atoms with van der Waals surface area (Å²) in [7, 11) is 1.57. The number of rotatable bonds is 4. The Morgan fingerprint density at radius 2 is 2.07 bits per heavy atom. The smallest absolute Gasteiger partial charge is 0.263 e.